The summed E-state index contributed by atoms with van der Waals surface area (Å²) < 4.78 is 10.9. The molecule has 0 spiro atoms. The highest BCUT2D eigenvalue weighted by Gasteiger charge is 2.28. The lowest BCUT2D eigenvalue weighted by Crippen LogP contribution is -2.24. The summed E-state index contributed by atoms with van der Waals surface area (Å²) in [5, 5.41) is 2.95. The van der Waals surface area contributed by atoms with Gasteiger partial charge in [0.25, 0.3) is 0 Å². The summed E-state index contributed by atoms with van der Waals surface area (Å²) in [7, 11) is 3.35. The summed E-state index contributed by atoms with van der Waals surface area (Å²) in [5.41, 5.74) is 2.60. The lowest BCUT2D eigenvalue weighted by Gasteiger charge is -2.17. The maximum absolute atomic E-state index is 11.3. The van der Waals surface area contributed by atoms with Crippen LogP contribution < -0.4 is 14.8 Å². The molecule has 2 rings (SSSR count). The number of carbonyl (C=O) groups excluding carboxylic acids is 1. The Morgan fingerprint density at radius 2 is 2.15 bits per heavy atom. The average molecular weight is 277 g/mol. The molecule has 1 amide bonds. The highest BCUT2D eigenvalue weighted by molar-refractivity contribution is 5.75. The van der Waals surface area contributed by atoms with Crippen molar-refractivity contribution in [3.05, 3.63) is 23.3 Å². The molecule has 1 atom stereocenters. The van der Waals surface area contributed by atoms with Crippen LogP contribution in [0, 0.1) is 0 Å². The first-order valence-electron chi connectivity index (χ1n) is 7.21. The van der Waals surface area contributed by atoms with Crippen LogP contribution in [-0.4, -0.2) is 26.7 Å². The summed E-state index contributed by atoms with van der Waals surface area (Å²) >= 11 is 0. The van der Waals surface area contributed by atoms with Gasteiger partial charge in [0.1, 0.15) is 0 Å². The van der Waals surface area contributed by atoms with E-state index >= 15 is 0 Å². The molecule has 1 aromatic rings. The van der Waals surface area contributed by atoms with E-state index in [1.165, 1.54) is 11.1 Å². The molecule has 0 aliphatic heterocycles. The number of nitrogens with one attached hydrogen (secondary N) is 1. The van der Waals surface area contributed by atoms with Crippen LogP contribution in [0.4, 0.5) is 0 Å². The minimum atomic E-state index is 0.112. The zero-order valence-electron chi connectivity index (χ0n) is 12.5. The zero-order chi connectivity index (χ0) is 14.5. The number of fused-ring (bicyclic) bond motifs is 1. The topological polar surface area (TPSA) is 47.6 Å². The van der Waals surface area contributed by atoms with Crippen LogP contribution >= 0.6 is 0 Å². The van der Waals surface area contributed by atoms with Gasteiger partial charge in [0.2, 0.25) is 5.91 Å². The molecule has 1 N–H and O–H groups in total. The van der Waals surface area contributed by atoms with Gasteiger partial charge in [0.05, 0.1) is 14.2 Å². The lowest BCUT2D eigenvalue weighted by atomic mass is 9.96. The molecule has 4 heteroatoms. The number of rotatable bonds is 6. The molecule has 1 aliphatic rings. The Hall–Kier alpha value is -1.71. The fraction of sp³-hybridized carbons (Fsp3) is 0.562. The first kappa shape index (κ1) is 14.7. The molecule has 110 valence electrons. The molecule has 4 nitrogen and oxygen atoms in total. The summed E-state index contributed by atoms with van der Waals surface area (Å²) in [6.45, 7) is 2.59. The summed E-state index contributed by atoms with van der Waals surface area (Å²) in [4.78, 5) is 11.3. The van der Waals surface area contributed by atoms with Crippen LogP contribution in [-0.2, 0) is 11.2 Å². The Balaban J connectivity index is 2.12. The van der Waals surface area contributed by atoms with Crippen molar-refractivity contribution in [3.8, 4) is 11.5 Å². The standard InChI is InChI=1S/C16H23NO3/c1-4-14(18)17-10-9-12-6-5-11-7-8-13(19-2)16(20-3)15(11)12/h7-8,12H,4-6,9-10H2,1-3H3,(H,17,18). The van der Waals surface area contributed by atoms with Crippen molar-refractivity contribution >= 4 is 5.91 Å². The number of ether oxygens (including phenoxy) is 2. The smallest absolute Gasteiger partial charge is 0.219 e. The molecule has 0 saturated heterocycles. The Bertz CT molecular complexity index is 485. The molecule has 0 radical (unpaired) electrons. The largest absolute Gasteiger partial charge is 0.493 e. The van der Waals surface area contributed by atoms with Crippen molar-refractivity contribution in [2.75, 3.05) is 20.8 Å². The number of benzene rings is 1. The Morgan fingerprint density at radius 3 is 2.80 bits per heavy atom. The fourth-order valence-electron chi connectivity index (χ4n) is 2.93. The van der Waals surface area contributed by atoms with Crippen molar-refractivity contribution in [3.63, 3.8) is 0 Å². The predicted octanol–water partition coefficient (Wildman–Crippen LogP) is 2.65. The van der Waals surface area contributed by atoms with Crippen molar-refractivity contribution in [2.45, 2.75) is 38.5 Å². The highest BCUT2D eigenvalue weighted by Crippen LogP contribution is 2.45. The molecule has 20 heavy (non-hydrogen) atoms. The molecule has 1 aliphatic carbocycles. The van der Waals surface area contributed by atoms with Gasteiger partial charge in [0, 0.05) is 18.5 Å². The molecule has 1 unspecified atom stereocenters. The summed E-state index contributed by atoms with van der Waals surface area (Å²) in [6.07, 6.45) is 3.67. The third-order valence-electron chi connectivity index (χ3n) is 3.98. The SMILES string of the molecule is CCC(=O)NCCC1CCc2ccc(OC)c(OC)c21. The van der Waals surface area contributed by atoms with Crippen LogP contribution in [0.1, 0.15) is 43.2 Å². The van der Waals surface area contributed by atoms with Gasteiger partial charge in [-0.05, 0) is 36.8 Å². The van der Waals surface area contributed by atoms with E-state index in [2.05, 4.69) is 11.4 Å². The molecule has 0 saturated carbocycles. The van der Waals surface area contributed by atoms with Gasteiger partial charge in [-0.2, -0.15) is 0 Å². The highest BCUT2D eigenvalue weighted by atomic mass is 16.5. The number of methoxy groups -OCH3 is 2. The maximum Gasteiger partial charge on any atom is 0.219 e. The van der Waals surface area contributed by atoms with Gasteiger partial charge in [-0.1, -0.05) is 13.0 Å². The first-order chi connectivity index (χ1) is 9.71. The summed E-state index contributed by atoms with van der Waals surface area (Å²) in [6, 6.07) is 4.10. The van der Waals surface area contributed by atoms with Gasteiger partial charge in [0.15, 0.2) is 11.5 Å². The third kappa shape index (κ3) is 2.89. The number of hydrogen-bond acceptors (Lipinski definition) is 3. The van der Waals surface area contributed by atoms with Crippen LogP contribution in [0.5, 0.6) is 11.5 Å². The molecular formula is C16H23NO3. The molecule has 0 bridgehead atoms. The van der Waals surface area contributed by atoms with E-state index in [4.69, 9.17) is 9.47 Å². The molecular weight excluding hydrogens is 254 g/mol. The van der Waals surface area contributed by atoms with Crippen LogP contribution in [0.3, 0.4) is 0 Å². The van der Waals surface area contributed by atoms with Gasteiger partial charge in [-0.15, -0.1) is 0 Å². The second-order valence-electron chi connectivity index (χ2n) is 5.10. The van der Waals surface area contributed by atoms with Crippen LogP contribution in [0.25, 0.3) is 0 Å². The Kier molecular flexibility index (Phi) is 4.88. The van der Waals surface area contributed by atoms with E-state index in [1.54, 1.807) is 14.2 Å². The third-order valence-corrected chi connectivity index (χ3v) is 3.98. The maximum atomic E-state index is 11.3. The van der Waals surface area contributed by atoms with E-state index in [-0.39, 0.29) is 5.91 Å². The van der Waals surface area contributed by atoms with Crippen LogP contribution in [0.15, 0.2) is 12.1 Å². The van der Waals surface area contributed by atoms with Crippen molar-refractivity contribution in [1.82, 2.24) is 5.32 Å². The predicted molar refractivity (Wildman–Crippen MR) is 78.5 cm³/mol. The molecule has 0 aromatic heterocycles. The second kappa shape index (κ2) is 6.64. The molecule has 0 fully saturated rings. The quantitative estimate of drug-likeness (QED) is 0.869. The van der Waals surface area contributed by atoms with Gasteiger partial charge >= 0.3 is 0 Å². The lowest BCUT2D eigenvalue weighted by molar-refractivity contribution is -0.120. The van der Waals surface area contributed by atoms with Gasteiger partial charge in [-0.3, -0.25) is 4.79 Å². The minimum Gasteiger partial charge on any atom is -0.493 e. The Morgan fingerprint density at radius 1 is 1.35 bits per heavy atom. The van der Waals surface area contributed by atoms with Crippen molar-refractivity contribution in [2.24, 2.45) is 0 Å². The minimum absolute atomic E-state index is 0.112. The zero-order valence-corrected chi connectivity index (χ0v) is 12.5. The monoisotopic (exact) mass is 277 g/mol. The van der Waals surface area contributed by atoms with E-state index in [1.807, 2.05) is 13.0 Å². The van der Waals surface area contributed by atoms with E-state index in [9.17, 15) is 4.79 Å². The molecule has 1 aromatic carbocycles. The Labute approximate surface area is 120 Å². The van der Waals surface area contributed by atoms with Crippen molar-refractivity contribution < 1.29 is 14.3 Å². The number of carbonyl (C=O) groups is 1. The van der Waals surface area contributed by atoms with Crippen molar-refractivity contribution in [1.29, 1.82) is 0 Å². The summed E-state index contributed by atoms with van der Waals surface area (Å²) in [5.74, 6) is 2.19. The van der Waals surface area contributed by atoms with Gasteiger partial charge in [-0.25, -0.2) is 0 Å². The van der Waals surface area contributed by atoms with E-state index in [0.29, 0.717) is 12.3 Å². The fourth-order valence-corrected chi connectivity index (χ4v) is 2.93. The number of aryl methyl sites for hydroxylation is 1. The second-order valence-corrected chi connectivity index (χ2v) is 5.10. The molecule has 0 heterocycles. The van der Waals surface area contributed by atoms with E-state index < -0.39 is 0 Å². The van der Waals surface area contributed by atoms with E-state index in [0.717, 1.165) is 37.3 Å². The average Bonchev–Trinajstić information content (AvgIpc) is 2.89. The van der Waals surface area contributed by atoms with Gasteiger partial charge < -0.3 is 14.8 Å². The first-order valence-corrected chi connectivity index (χ1v) is 7.21. The normalized spacial score (nSPS) is 16.6. The number of amides is 1. The van der Waals surface area contributed by atoms with Crippen LogP contribution in [0.2, 0.25) is 0 Å². The number of hydrogen-bond donors (Lipinski definition) is 1.